The van der Waals surface area contributed by atoms with Crippen LogP contribution in [-0.4, -0.2) is 24.0 Å². The minimum atomic E-state index is -2.05. The Hall–Kier alpha value is -0.810. The van der Waals surface area contributed by atoms with Gasteiger partial charge in [0.1, 0.15) is 5.82 Å². The molecular formula is C8H11N2O2S-. The van der Waals surface area contributed by atoms with Crippen LogP contribution < -0.4 is 0 Å². The fraction of sp³-hybridized carbons (Fsp3) is 0.500. The summed E-state index contributed by atoms with van der Waals surface area (Å²) in [5, 5.41) is -0.428. The molecule has 0 N–H and O–H groups in total. The van der Waals surface area contributed by atoms with Gasteiger partial charge in [-0.05, 0) is 12.5 Å². The summed E-state index contributed by atoms with van der Waals surface area (Å²) in [6.07, 6.45) is 3.74. The van der Waals surface area contributed by atoms with E-state index >= 15 is 0 Å². The molecular weight excluding hydrogens is 188 g/mol. The first-order chi connectivity index (χ1) is 6.09. The Labute approximate surface area is 79.7 Å². The summed E-state index contributed by atoms with van der Waals surface area (Å²) in [5.41, 5.74) is 0.972. The lowest BCUT2D eigenvalue weighted by molar-refractivity contribution is 0.523. The molecule has 0 aliphatic rings. The Balaban J connectivity index is 2.64. The second kappa shape index (κ2) is 4.43. The molecule has 1 rings (SSSR count). The Bertz CT molecular complexity index is 300. The highest BCUT2D eigenvalue weighted by Crippen LogP contribution is 2.01. The Morgan fingerprint density at radius 2 is 2.08 bits per heavy atom. The lowest BCUT2D eigenvalue weighted by atomic mass is 10.3. The Morgan fingerprint density at radius 1 is 1.54 bits per heavy atom. The van der Waals surface area contributed by atoms with Gasteiger partial charge < -0.3 is 4.55 Å². The molecule has 2 atom stereocenters. The second-order valence-electron chi connectivity index (χ2n) is 2.95. The van der Waals surface area contributed by atoms with Gasteiger partial charge in [-0.2, -0.15) is 0 Å². The third-order valence-corrected chi connectivity index (χ3v) is 2.46. The molecule has 0 aliphatic heterocycles. The number of aromatic nitrogens is 2. The zero-order chi connectivity index (χ0) is 9.84. The maximum absolute atomic E-state index is 10.5. The number of aryl methyl sites for hydroxylation is 1. The molecule has 0 saturated heterocycles. The molecule has 72 valence electrons. The van der Waals surface area contributed by atoms with Crippen molar-refractivity contribution in [2.75, 3.05) is 0 Å². The normalized spacial score (nSPS) is 15.3. The van der Waals surface area contributed by atoms with Gasteiger partial charge in [0, 0.05) is 24.1 Å². The molecule has 1 heterocycles. The van der Waals surface area contributed by atoms with Crippen LogP contribution in [0.2, 0.25) is 0 Å². The third-order valence-electron chi connectivity index (χ3n) is 1.63. The smallest absolute Gasteiger partial charge is 0.129 e. The first-order valence-corrected chi connectivity index (χ1v) is 5.09. The van der Waals surface area contributed by atoms with Crippen LogP contribution >= 0.6 is 0 Å². The van der Waals surface area contributed by atoms with E-state index < -0.39 is 16.3 Å². The fourth-order valence-electron chi connectivity index (χ4n) is 0.850. The molecule has 0 amide bonds. The Kier molecular flexibility index (Phi) is 3.50. The van der Waals surface area contributed by atoms with E-state index in [9.17, 15) is 8.76 Å². The summed E-state index contributed by atoms with van der Waals surface area (Å²) in [6, 6.07) is 0. The van der Waals surface area contributed by atoms with E-state index in [0.29, 0.717) is 12.2 Å². The number of hydrogen-bond acceptors (Lipinski definition) is 4. The van der Waals surface area contributed by atoms with Crippen LogP contribution in [0, 0.1) is 6.92 Å². The van der Waals surface area contributed by atoms with Gasteiger partial charge in [0.2, 0.25) is 0 Å². The first-order valence-electron chi connectivity index (χ1n) is 3.95. The molecule has 0 spiro atoms. The SMILES string of the molecule is Cc1cnc(C[C@H](C)S(=O)[O-])nc1. The predicted octanol–water partition coefficient (Wildman–Crippen LogP) is 0.595. The maximum atomic E-state index is 10.5. The Morgan fingerprint density at radius 3 is 2.54 bits per heavy atom. The topological polar surface area (TPSA) is 65.9 Å². The zero-order valence-electron chi connectivity index (χ0n) is 7.56. The first kappa shape index (κ1) is 10.3. The molecule has 4 nitrogen and oxygen atoms in total. The van der Waals surface area contributed by atoms with Crippen LogP contribution in [0.1, 0.15) is 18.3 Å². The van der Waals surface area contributed by atoms with Crippen LogP contribution in [0.4, 0.5) is 0 Å². The van der Waals surface area contributed by atoms with Gasteiger partial charge >= 0.3 is 0 Å². The van der Waals surface area contributed by atoms with Crippen molar-refractivity contribution in [3.63, 3.8) is 0 Å². The average Bonchev–Trinajstić information content (AvgIpc) is 2.08. The summed E-state index contributed by atoms with van der Waals surface area (Å²) in [4.78, 5) is 8.03. The standard InChI is InChI=1S/C8H12N2O2S/c1-6-4-9-8(10-5-6)3-7(2)13(11)12/h4-5,7H,3H2,1-2H3,(H,11,12)/p-1/t7-/m0/s1. The zero-order valence-corrected chi connectivity index (χ0v) is 8.37. The van der Waals surface area contributed by atoms with E-state index in [1.165, 1.54) is 0 Å². The van der Waals surface area contributed by atoms with Crippen LogP contribution in [0.15, 0.2) is 12.4 Å². The molecule has 0 aromatic carbocycles. The largest absolute Gasteiger partial charge is 0.772 e. The van der Waals surface area contributed by atoms with Gasteiger partial charge in [-0.25, -0.2) is 9.97 Å². The van der Waals surface area contributed by atoms with Crippen molar-refractivity contribution in [2.45, 2.75) is 25.5 Å². The summed E-state index contributed by atoms with van der Waals surface area (Å²) < 4.78 is 21.0. The lowest BCUT2D eigenvalue weighted by Crippen LogP contribution is -2.15. The highest BCUT2D eigenvalue weighted by Gasteiger charge is 2.05. The van der Waals surface area contributed by atoms with Crippen molar-refractivity contribution >= 4 is 11.1 Å². The van der Waals surface area contributed by atoms with Gasteiger partial charge in [-0.1, -0.05) is 18.0 Å². The van der Waals surface area contributed by atoms with Crippen molar-refractivity contribution in [2.24, 2.45) is 0 Å². The van der Waals surface area contributed by atoms with E-state index in [0.717, 1.165) is 5.56 Å². The molecule has 0 fully saturated rings. The summed E-state index contributed by atoms with van der Waals surface area (Å²) in [7, 11) is 0. The minimum absolute atomic E-state index is 0.371. The van der Waals surface area contributed by atoms with E-state index in [-0.39, 0.29) is 0 Å². The van der Waals surface area contributed by atoms with Crippen molar-refractivity contribution in [1.82, 2.24) is 9.97 Å². The highest BCUT2D eigenvalue weighted by molar-refractivity contribution is 7.79. The van der Waals surface area contributed by atoms with Gasteiger partial charge in [0.25, 0.3) is 0 Å². The maximum Gasteiger partial charge on any atom is 0.129 e. The van der Waals surface area contributed by atoms with Gasteiger partial charge in [-0.15, -0.1) is 0 Å². The number of nitrogens with zero attached hydrogens (tertiary/aromatic N) is 2. The average molecular weight is 199 g/mol. The number of rotatable bonds is 3. The molecule has 5 heteroatoms. The molecule has 0 bridgehead atoms. The lowest BCUT2D eigenvalue weighted by Gasteiger charge is -2.12. The van der Waals surface area contributed by atoms with Crippen LogP contribution in [0.25, 0.3) is 0 Å². The molecule has 13 heavy (non-hydrogen) atoms. The molecule has 1 unspecified atom stereocenters. The summed E-state index contributed by atoms with van der Waals surface area (Å²) in [5.74, 6) is 0.572. The molecule has 0 aliphatic carbocycles. The van der Waals surface area contributed by atoms with Crippen molar-refractivity contribution in [1.29, 1.82) is 0 Å². The quantitative estimate of drug-likeness (QED) is 0.668. The second-order valence-corrected chi connectivity index (χ2v) is 4.28. The van der Waals surface area contributed by atoms with Gasteiger partial charge in [-0.3, -0.25) is 4.21 Å². The van der Waals surface area contributed by atoms with Crippen molar-refractivity contribution in [3.8, 4) is 0 Å². The van der Waals surface area contributed by atoms with Crippen LogP contribution in [0.3, 0.4) is 0 Å². The van der Waals surface area contributed by atoms with Crippen LogP contribution in [0.5, 0.6) is 0 Å². The highest BCUT2D eigenvalue weighted by atomic mass is 32.2. The number of hydrogen-bond donors (Lipinski definition) is 0. The molecule has 0 radical (unpaired) electrons. The van der Waals surface area contributed by atoms with Gasteiger partial charge in [0.05, 0.1) is 0 Å². The summed E-state index contributed by atoms with van der Waals surface area (Å²) >= 11 is -2.05. The van der Waals surface area contributed by atoms with Crippen molar-refractivity contribution < 1.29 is 8.76 Å². The summed E-state index contributed by atoms with van der Waals surface area (Å²) in [6.45, 7) is 3.52. The third kappa shape index (κ3) is 3.20. The predicted molar refractivity (Wildman–Crippen MR) is 48.9 cm³/mol. The minimum Gasteiger partial charge on any atom is -0.772 e. The molecule has 1 aromatic heterocycles. The fourth-order valence-corrected chi connectivity index (χ4v) is 1.14. The van der Waals surface area contributed by atoms with E-state index in [4.69, 9.17) is 0 Å². The monoisotopic (exact) mass is 199 g/mol. The van der Waals surface area contributed by atoms with E-state index in [2.05, 4.69) is 9.97 Å². The van der Waals surface area contributed by atoms with E-state index in [1.54, 1.807) is 19.3 Å². The van der Waals surface area contributed by atoms with Gasteiger partial charge in [0.15, 0.2) is 0 Å². The molecule has 0 saturated carbocycles. The van der Waals surface area contributed by atoms with Crippen LogP contribution in [-0.2, 0) is 17.5 Å². The van der Waals surface area contributed by atoms with Crippen molar-refractivity contribution in [3.05, 3.63) is 23.8 Å². The molecule has 1 aromatic rings. The van der Waals surface area contributed by atoms with E-state index in [1.807, 2.05) is 6.92 Å².